The fourth-order valence-electron chi connectivity index (χ4n) is 2.11. The van der Waals surface area contributed by atoms with Crippen molar-refractivity contribution < 1.29 is 4.79 Å². The zero-order valence-electron chi connectivity index (χ0n) is 11.9. The number of carbonyl (C=O) groups is 1. The van der Waals surface area contributed by atoms with Crippen LogP contribution >= 0.6 is 11.6 Å². The van der Waals surface area contributed by atoms with Gasteiger partial charge in [-0.15, -0.1) is 0 Å². The number of halogens is 1. The molecule has 1 N–H and O–H groups in total. The molecular weight excluding hydrogens is 274 g/mol. The minimum absolute atomic E-state index is 0.0308. The normalized spacial score (nSPS) is 12.2. The van der Waals surface area contributed by atoms with Crippen molar-refractivity contribution in [2.75, 3.05) is 0 Å². The highest BCUT2D eigenvalue weighted by Crippen LogP contribution is 2.14. The Kier molecular flexibility index (Phi) is 4.45. The number of aromatic nitrogens is 2. The lowest BCUT2D eigenvalue weighted by Crippen LogP contribution is -2.36. The smallest absolute Gasteiger partial charge is 0.253 e. The van der Waals surface area contributed by atoms with E-state index in [2.05, 4.69) is 10.4 Å². The lowest BCUT2D eigenvalue weighted by molar-refractivity contribution is 0.0936. The summed E-state index contributed by atoms with van der Waals surface area (Å²) in [7, 11) is 0. The maximum absolute atomic E-state index is 12.1. The molecule has 1 heterocycles. The summed E-state index contributed by atoms with van der Waals surface area (Å²) in [5, 5.41) is 7.79. The molecule has 1 aromatic carbocycles. The molecule has 0 radical (unpaired) electrons. The molecule has 0 aliphatic carbocycles. The number of rotatable bonds is 4. The third kappa shape index (κ3) is 3.39. The van der Waals surface area contributed by atoms with Crippen molar-refractivity contribution in [3.63, 3.8) is 0 Å². The first kappa shape index (κ1) is 14.6. The quantitative estimate of drug-likeness (QED) is 0.941. The van der Waals surface area contributed by atoms with Gasteiger partial charge >= 0.3 is 0 Å². The first-order valence-electron chi connectivity index (χ1n) is 6.54. The second kappa shape index (κ2) is 6.09. The van der Waals surface area contributed by atoms with E-state index in [1.54, 1.807) is 24.3 Å². The molecule has 0 aliphatic rings. The lowest BCUT2D eigenvalue weighted by Gasteiger charge is -2.15. The van der Waals surface area contributed by atoms with E-state index < -0.39 is 0 Å². The molecule has 1 atom stereocenters. The van der Waals surface area contributed by atoms with Crippen LogP contribution in [0.15, 0.2) is 30.3 Å². The first-order chi connectivity index (χ1) is 9.47. The topological polar surface area (TPSA) is 46.9 Å². The molecule has 20 heavy (non-hydrogen) atoms. The number of carbonyl (C=O) groups excluding carboxylic acids is 1. The largest absolute Gasteiger partial charge is 0.348 e. The van der Waals surface area contributed by atoms with E-state index in [0.717, 1.165) is 11.4 Å². The number of benzene rings is 1. The van der Waals surface area contributed by atoms with Crippen LogP contribution in [0, 0.1) is 13.8 Å². The molecule has 0 unspecified atom stereocenters. The summed E-state index contributed by atoms with van der Waals surface area (Å²) in [5.74, 6) is -0.162. The number of hydrogen-bond acceptors (Lipinski definition) is 2. The van der Waals surface area contributed by atoms with E-state index in [9.17, 15) is 4.79 Å². The zero-order valence-corrected chi connectivity index (χ0v) is 12.6. The molecule has 1 aromatic heterocycles. The van der Waals surface area contributed by atoms with Crippen LogP contribution in [0.5, 0.6) is 0 Å². The molecule has 0 aliphatic heterocycles. The summed E-state index contributed by atoms with van der Waals surface area (Å²) < 4.78 is 1.90. The fraction of sp³-hybridized carbons (Fsp3) is 0.333. The van der Waals surface area contributed by atoms with Crippen molar-refractivity contribution in [3.8, 4) is 0 Å². The van der Waals surface area contributed by atoms with Gasteiger partial charge in [0.1, 0.15) is 0 Å². The summed E-state index contributed by atoms with van der Waals surface area (Å²) in [6.45, 7) is 6.54. The average molecular weight is 292 g/mol. The minimum Gasteiger partial charge on any atom is -0.348 e. The molecule has 106 valence electrons. The highest BCUT2D eigenvalue weighted by Gasteiger charge is 2.13. The van der Waals surface area contributed by atoms with E-state index >= 15 is 0 Å². The predicted molar refractivity (Wildman–Crippen MR) is 80.1 cm³/mol. The van der Waals surface area contributed by atoms with Crippen molar-refractivity contribution in [2.24, 2.45) is 0 Å². The molecule has 0 spiro atoms. The SMILES string of the molecule is Cc1cc(C)n(C[C@H](C)NC(=O)c2ccccc2Cl)n1. The Morgan fingerprint density at radius 1 is 1.40 bits per heavy atom. The first-order valence-corrected chi connectivity index (χ1v) is 6.91. The van der Waals surface area contributed by atoms with Crippen LogP contribution in [-0.4, -0.2) is 21.7 Å². The molecule has 0 fully saturated rings. The zero-order chi connectivity index (χ0) is 14.7. The van der Waals surface area contributed by atoms with Crippen LogP contribution in [0.3, 0.4) is 0 Å². The van der Waals surface area contributed by atoms with Gasteiger partial charge in [0, 0.05) is 11.7 Å². The molecule has 0 saturated heterocycles. The number of amides is 1. The Balaban J connectivity index is 2.01. The van der Waals surface area contributed by atoms with E-state index in [1.807, 2.05) is 31.5 Å². The third-order valence-corrected chi connectivity index (χ3v) is 3.38. The monoisotopic (exact) mass is 291 g/mol. The summed E-state index contributed by atoms with van der Waals surface area (Å²) in [6.07, 6.45) is 0. The summed E-state index contributed by atoms with van der Waals surface area (Å²) in [5.41, 5.74) is 2.56. The van der Waals surface area contributed by atoms with Gasteiger partial charge in [-0.2, -0.15) is 5.10 Å². The van der Waals surface area contributed by atoms with Gasteiger partial charge in [0.15, 0.2) is 0 Å². The summed E-state index contributed by atoms with van der Waals surface area (Å²) in [4.78, 5) is 12.1. The molecule has 0 bridgehead atoms. The van der Waals surface area contributed by atoms with E-state index in [0.29, 0.717) is 17.1 Å². The molecule has 5 heteroatoms. The minimum atomic E-state index is -0.162. The molecule has 1 amide bonds. The molecular formula is C15H18ClN3O. The van der Waals surface area contributed by atoms with Gasteiger partial charge in [-0.05, 0) is 39.0 Å². The molecule has 4 nitrogen and oxygen atoms in total. The van der Waals surface area contributed by atoms with Crippen molar-refractivity contribution >= 4 is 17.5 Å². The lowest BCUT2D eigenvalue weighted by atomic mass is 10.2. The fourth-order valence-corrected chi connectivity index (χ4v) is 2.33. The maximum Gasteiger partial charge on any atom is 0.253 e. The number of aryl methyl sites for hydroxylation is 2. The third-order valence-electron chi connectivity index (χ3n) is 3.05. The Morgan fingerprint density at radius 2 is 2.10 bits per heavy atom. The summed E-state index contributed by atoms with van der Waals surface area (Å²) >= 11 is 6.01. The Morgan fingerprint density at radius 3 is 2.70 bits per heavy atom. The van der Waals surface area contributed by atoms with Crippen molar-refractivity contribution in [1.82, 2.24) is 15.1 Å². The Labute approximate surface area is 123 Å². The second-order valence-corrected chi connectivity index (χ2v) is 5.37. The van der Waals surface area contributed by atoms with Gasteiger partial charge in [0.25, 0.3) is 5.91 Å². The van der Waals surface area contributed by atoms with Crippen LogP contribution in [0.4, 0.5) is 0 Å². The van der Waals surface area contributed by atoms with E-state index in [-0.39, 0.29) is 11.9 Å². The van der Waals surface area contributed by atoms with Gasteiger partial charge in [0.05, 0.1) is 22.8 Å². The van der Waals surface area contributed by atoms with Gasteiger partial charge in [-0.3, -0.25) is 9.48 Å². The molecule has 2 rings (SSSR count). The van der Waals surface area contributed by atoms with Crippen LogP contribution in [-0.2, 0) is 6.54 Å². The number of hydrogen-bond donors (Lipinski definition) is 1. The van der Waals surface area contributed by atoms with Gasteiger partial charge < -0.3 is 5.32 Å². The molecule has 0 saturated carbocycles. The maximum atomic E-state index is 12.1. The summed E-state index contributed by atoms with van der Waals surface area (Å²) in [6, 6.07) is 9.01. The molecule has 2 aromatic rings. The van der Waals surface area contributed by atoms with Crippen LogP contribution in [0.1, 0.15) is 28.7 Å². The standard InChI is InChI=1S/C15H18ClN3O/c1-10-8-12(3)19(18-10)9-11(2)17-15(20)13-6-4-5-7-14(13)16/h4-8,11H,9H2,1-3H3,(H,17,20)/t11-/m0/s1. The van der Waals surface area contributed by atoms with Gasteiger partial charge in [-0.1, -0.05) is 23.7 Å². The van der Waals surface area contributed by atoms with E-state index in [1.165, 1.54) is 0 Å². The van der Waals surface area contributed by atoms with Crippen molar-refractivity contribution in [1.29, 1.82) is 0 Å². The number of nitrogens with zero attached hydrogens (tertiary/aromatic N) is 2. The van der Waals surface area contributed by atoms with Crippen LogP contribution < -0.4 is 5.32 Å². The van der Waals surface area contributed by atoms with Gasteiger partial charge in [-0.25, -0.2) is 0 Å². The Bertz CT molecular complexity index is 621. The van der Waals surface area contributed by atoms with Crippen LogP contribution in [0.25, 0.3) is 0 Å². The van der Waals surface area contributed by atoms with Gasteiger partial charge in [0.2, 0.25) is 0 Å². The average Bonchev–Trinajstić information content (AvgIpc) is 2.68. The highest BCUT2D eigenvalue weighted by atomic mass is 35.5. The van der Waals surface area contributed by atoms with Crippen LogP contribution in [0.2, 0.25) is 5.02 Å². The Hall–Kier alpha value is -1.81. The van der Waals surface area contributed by atoms with Crippen molar-refractivity contribution in [2.45, 2.75) is 33.4 Å². The second-order valence-electron chi connectivity index (χ2n) is 4.96. The number of nitrogens with one attached hydrogen (secondary N) is 1. The predicted octanol–water partition coefficient (Wildman–Crippen LogP) is 2.97. The van der Waals surface area contributed by atoms with Crippen molar-refractivity contribution in [3.05, 3.63) is 52.3 Å². The van der Waals surface area contributed by atoms with E-state index in [4.69, 9.17) is 11.6 Å². The highest BCUT2D eigenvalue weighted by molar-refractivity contribution is 6.33.